The van der Waals surface area contributed by atoms with Gasteiger partial charge in [0.15, 0.2) is 0 Å². The number of hydrogen-bond acceptors (Lipinski definition) is 3. The highest BCUT2D eigenvalue weighted by molar-refractivity contribution is 7.08. The third kappa shape index (κ3) is 3.03. The van der Waals surface area contributed by atoms with E-state index in [2.05, 4.69) is 0 Å². The van der Waals surface area contributed by atoms with Gasteiger partial charge >= 0.3 is 6.09 Å². The van der Waals surface area contributed by atoms with Crippen LogP contribution in [0, 0.1) is 0 Å². The van der Waals surface area contributed by atoms with Crippen molar-refractivity contribution >= 4 is 23.1 Å². The Hall–Kier alpha value is -1.03. The van der Waals surface area contributed by atoms with Crippen LogP contribution >= 0.6 is 11.3 Å². The Kier molecular flexibility index (Phi) is 3.16. The first-order valence-corrected chi connectivity index (χ1v) is 5.33. The first kappa shape index (κ1) is 11.0. The molecular formula is C10H15NO2S. The van der Waals surface area contributed by atoms with Gasteiger partial charge < -0.3 is 4.74 Å². The van der Waals surface area contributed by atoms with Crippen molar-refractivity contribution in [1.82, 2.24) is 0 Å². The number of thiophene rings is 1. The molecule has 3 nitrogen and oxygen atoms in total. The van der Waals surface area contributed by atoms with Crippen LogP contribution in [0.15, 0.2) is 16.8 Å². The molecule has 0 fully saturated rings. The van der Waals surface area contributed by atoms with Gasteiger partial charge in [-0.3, -0.25) is 4.90 Å². The third-order valence-electron chi connectivity index (χ3n) is 1.56. The van der Waals surface area contributed by atoms with Crippen molar-refractivity contribution in [2.75, 3.05) is 11.9 Å². The van der Waals surface area contributed by atoms with Crippen LogP contribution in [-0.2, 0) is 4.74 Å². The van der Waals surface area contributed by atoms with Crippen molar-refractivity contribution in [3.8, 4) is 0 Å². The van der Waals surface area contributed by atoms with Crippen LogP contribution in [0.25, 0.3) is 0 Å². The summed E-state index contributed by atoms with van der Waals surface area (Å²) in [5, 5.41) is 3.83. The largest absolute Gasteiger partial charge is 0.443 e. The molecule has 1 heterocycles. The van der Waals surface area contributed by atoms with Gasteiger partial charge in [-0.1, -0.05) is 0 Å². The highest BCUT2D eigenvalue weighted by atomic mass is 32.1. The lowest BCUT2D eigenvalue weighted by Gasteiger charge is -2.23. The van der Waals surface area contributed by atoms with E-state index in [1.165, 1.54) is 4.90 Å². The monoisotopic (exact) mass is 213 g/mol. The van der Waals surface area contributed by atoms with Gasteiger partial charge in [0.05, 0.1) is 5.69 Å². The molecule has 0 aliphatic heterocycles. The fraction of sp³-hybridized carbons (Fsp3) is 0.500. The molecule has 0 radical (unpaired) electrons. The lowest BCUT2D eigenvalue weighted by atomic mass is 10.2. The molecule has 1 amide bonds. The normalized spacial score (nSPS) is 11.1. The average Bonchev–Trinajstić information content (AvgIpc) is 2.51. The summed E-state index contributed by atoms with van der Waals surface area (Å²) < 4.78 is 5.21. The van der Waals surface area contributed by atoms with E-state index in [1.54, 1.807) is 18.4 Å². The van der Waals surface area contributed by atoms with E-state index in [0.717, 1.165) is 5.69 Å². The zero-order valence-electron chi connectivity index (χ0n) is 8.90. The third-order valence-corrected chi connectivity index (χ3v) is 2.23. The van der Waals surface area contributed by atoms with E-state index < -0.39 is 5.60 Å². The van der Waals surface area contributed by atoms with Crippen LogP contribution in [0.5, 0.6) is 0 Å². The van der Waals surface area contributed by atoms with E-state index in [9.17, 15) is 4.79 Å². The Morgan fingerprint density at radius 2 is 2.14 bits per heavy atom. The number of carbonyl (C=O) groups is 1. The lowest BCUT2D eigenvalue weighted by Crippen LogP contribution is -2.33. The van der Waals surface area contributed by atoms with E-state index in [-0.39, 0.29) is 6.09 Å². The fourth-order valence-corrected chi connectivity index (χ4v) is 1.56. The van der Waals surface area contributed by atoms with Crippen molar-refractivity contribution in [3.63, 3.8) is 0 Å². The van der Waals surface area contributed by atoms with Crippen molar-refractivity contribution in [3.05, 3.63) is 16.8 Å². The molecule has 1 aromatic rings. The molecule has 78 valence electrons. The second-order valence-electron chi connectivity index (χ2n) is 4.02. The first-order chi connectivity index (χ1) is 6.40. The number of amides is 1. The summed E-state index contributed by atoms with van der Waals surface area (Å²) in [4.78, 5) is 13.1. The van der Waals surface area contributed by atoms with Gasteiger partial charge in [-0.25, -0.2) is 4.79 Å². The van der Waals surface area contributed by atoms with E-state index in [0.29, 0.717) is 0 Å². The minimum absolute atomic E-state index is 0.323. The first-order valence-electron chi connectivity index (χ1n) is 4.39. The Morgan fingerprint density at radius 1 is 1.50 bits per heavy atom. The molecule has 0 saturated heterocycles. The Morgan fingerprint density at radius 3 is 2.57 bits per heavy atom. The van der Waals surface area contributed by atoms with Gasteiger partial charge in [-0.05, 0) is 32.2 Å². The number of nitrogens with zero attached hydrogens (tertiary/aromatic N) is 1. The zero-order valence-corrected chi connectivity index (χ0v) is 9.72. The van der Waals surface area contributed by atoms with Crippen LogP contribution in [0.3, 0.4) is 0 Å². The van der Waals surface area contributed by atoms with Gasteiger partial charge in [0.1, 0.15) is 5.60 Å². The summed E-state index contributed by atoms with van der Waals surface area (Å²) in [5.41, 5.74) is 0.422. The standard InChI is InChI=1S/C10H15NO2S/c1-10(2,3)13-9(12)11(4)8-5-6-14-7-8/h5-7H,1-4H3. The van der Waals surface area contributed by atoms with Gasteiger partial charge in [0, 0.05) is 12.4 Å². The molecule has 1 aromatic heterocycles. The molecule has 0 atom stereocenters. The van der Waals surface area contributed by atoms with Crippen molar-refractivity contribution in [2.24, 2.45) is 0 Å². The van der Waals surface area contributed by atoms with E-state index in [1.807, 2.05) is 37.6 Å². The SMILES string of the molecule is CN(C(=O)OC(C)(C)C)c1ccsc1. The molecule has 4 heteroatoms. The number of anilines is 1. The second kappa shape index (κ2) is 4.00. The number of carbonyl (C=O) groups excluding carboxylic acids is 1. The Bertz CT molecular complexity index is 300. The lowest BCUT2D eigenvalue weighted by molar-refractivity contribution is 0.0589. The summed E-state index contributed by atoms with van der Waals surface area (Å²) in [6, 6.07) is 1.88. The molecule has 0 unspecified atom stereocenters. The number of rotatable bonds is 1. The minimum atomic E-state index is -0.443. The predicted octanol–water partition coefficient (Wildman–Crippen LogP) is 3.12. The van der Waals surface area contributed by atoms with Crippen LogP contribution in [0.1, 0.15) is 20.8 Å². The topological polar surface area (TPSA) is 29.5 Å². The maximum Gasteiger partial charge on any atom is 0.414 e. The summed E-state index contributed by atoms with van der Waals surface area (Å²) in [6.07, 6.45) is -0.323. The molecule has 0 N–H and O–H groups in total. The second-order valence-corrected chi connectivity index (χ2v) is 4.80. The molecule has 0 saturated carbocycles. The summed E-state index contributed by atoms with van der Waals surface area (Å²) in [6.45, 7) is 5.56. The van der Waals surface area contributed by atoms with Gasteiger partial charge in [0.2, 0.25) is 0 Å². The molecule has 14 heavy (non-hydrogen) atoms. The van der Waals surface area contributed by atoms with E-state index >= 15 is 0 Å². The Balaban J connectivity index is 2.63. The Labute approximate surface area is 88.3 Å². The van der Waals surface area contributed by atoms with Gasteiger partial charge in [-0.2, -0.15) is 11.3 Å². The maximum absolute atomic E-state index is 11.6. The quantitative estimate of drug-likeness (QED) is 0.717. The summed E-state index contributed by atoms with van der Waals surface area (Å²) >= 11 is 1.55. The minimum Gasteiger partial charge on any atom is -0.443 e. The van der Waals surface area contributed by atoms with Crippen molar-refractivity contribution in [2.45, 2.75) is 26.4 Å². The molecule has 0 aliphatic rings. The van der Waals surface area contributed by atoms with Crippen molar-refractivity contribution in [1.29, 1.82) is 0 Å². The van der Waals surface area contributed by atoms with Gasteiger partial charge in [0.25, 0.3) is 0 Å². The summed E-state index contributed by atoms with van der Waals surface area (Å²) in [5.74, 6) is 0. The molecule has 0 aromatic carbocycles. The molecule has 0 bridgehead atoms. The smallest absolute Gasteiger partial charge is 0.414 e. The summed E-state index contributed by atoms with van der Waals surface area (Å²) in [7, 11) is 1.70. The van der Waals surface area contributed by atoms with Crippen LogP contribution in [0.4, 0.5) is 10.5 Å². The zero-order chi connectivity index (χ0) is 10.8. The predicted molar refractivity (Wildman–Crippen MR) is 59.0 cm³/mol. The van der Waals surface area contributed by atoms with Crippen LogP contribution in [-0.4, -0.2) is 18.7 Å². The maximum atomic E-state index is 11.6. The van der Waals surface area contributed by atoms with Crippen LogP contribution < -0.4 is 4.90 Å². The fourth-order valence-electron chi connectivity index (χ4n) is 0.884. The highest BCUT2D eigenvalue weighted by Gasteiger charge is 2.20. The molecular weight excluding hydrogens is 198 g/mol. The van der Waals surface area contributed by atoms with Crippen LogP contribution in [0.2, 0.25) is 0 Å². The number of hydrogen-bond donors (Lipinski definition) is 0. The van der Waals surface area contributed by atoms with Crippen molar-refractivity contribution < 1.29 is 9.53 Å². The molecule has 0 aliphatic carbocycles. The van der Waals surface area contributed by atoms with Gasteiger partial charge in [-0.15, -0.1) is 0 Å². The number of ether oxygens (including phenoxy) is 1. The molecule has 0 spiro atoms. The van der Waals surface area contributed by atoms with E-state index in [4.69, 9.17) is 4.74 Å². The average molecular weight is 213 g/mol. The molecule has 1 rings (SSSR count). The highest BCUT2D eigenvalue weighted by Crippen LogP contribution is 2.19.